The quantitative estimate of drug-likeness (QED) is 0.634. The lowest BCUT2D eigenvalue weighted by molar-refractivity contribution is 0.0765. The van der Waals surface area contributed by atoms with Crippen molar-refractivity contribution in [1.29, 1.82) is 0 Å². The first kappa shape index (κ1) is 13.4. The van der Waals surface area contributed by atoms with Crippen molar-refractivity contribution in [3.8, 4) is 0 Å². The van der Waals surface area contributed by atoms with Crippen LogP contribution >= 0.6 is 0 Å². The molecule has 5 heteroatoms. The summed E-state index contributed by atoms with van der Waals surface area (Å²) in [5.41, 5.74) is 14.2. The molecule has 0 bridgehead atoms. The van der Waals surface area contributed by atoms with Crippen LogP contribution in [0.15, 0.2) is 29.8 Å². The fourth-order valence-corrected chi connectivity index (χ4v) is 2.19. The van der Waals surface area contributed by atoms with Crippen LogP contribution in [0.3, 0.4) is 0 Å². The zero-order valence-corrected chi connectivity index (χ0v) is 11.1. The number of nitrogens with zero attached hydrogens (tertiary/aromatic N) is 1. The molecule has 0 spiro atoms. The fraction of sp³-hybridized carbons (Fsp3) is 0.357. The molecular weight excluding hydrogens is 242 g/mol. The highest BCUT2D eigenvalue weighted by atomic mass is 16.5. The zero-order chi connectivity index (χ0) is 13.8. The van der Waals surface area contributed by atoms with Crippen LogP contribution in [0.5, 0.6) is 0 Å². The third-order valence-corrected chi connectivity index (χ3v) is 3.14. The number of nitrogen functional groups attached to an aromatic ring is 2. The van der Waals surface area contributed by atoms with Crippen molar-refractivity contribution in [3.05, 3.63) is 35.4 Å². The van der Waals surface area contributed by atoms with Crippen molar-refractivity contribution in [1.82, 2.24) is 4.90 Å². The minimum absolute atomic E-state index is 0.0354. The minimum atomic E-state index is -0.0354. The molecule has 0 fully saturated rings. The van der Waals surface area contributed by atoms with E-state index in [2.05, 4.69) is 0 Å². The van der Waals surface area contributed by atoms with Gasteiger partial charge in [-0.15, -0.1) is 0 Å². The zero-order valence-electron chi connectivity index (χ0n) is 11.1. The van der Waals surface area contributed by atoms with E-state index in [0.29, 0.717) is 36.6 Å². The van der Waals surface area contributed by atoms with Crippen molar-refractivity contribution in [2.24, 2.45) is 0 Å². The molecule has 19 heavy (non-hydrogen) atoms. The van der Waals surface area contributed by atoms with Gasteiger partial charge < -0.3 is 21.1 Å². The second-order valence-electron chi connectivity index (χ2n) is 4.68. The van der Waals surface area contributed by atoms with E-state index in [1.807, 2.05) is 6.08 Å². The molecule has 0 saturated heterocycles. The average molecular weight is 261 g/mol. The highest BCUT2D eigenvalue weighted by Gasteiger charge is 2.19. The van der Waals surface area contributed by atoms with Gasteiger partial charge >= 0.3 is 0 Å². The molecular formula is C14H19N3O2. The van der Waals surface area contributed by atoms with Gasteiger partial charge in [-0.2, -0.15) is 0 Å². The van der Waals surface area contributed by atoms with Gasteiger partial charge in [-0.1, -0.05) is 6.08 Å². The Morgan fingerprint density at radius 3 is 2.53 bits per heavy atom. The van der Waals surface area contributed by atoms with Gasteiger partial charge in [0, 0.05) is 37.1 Å². The summed E-state index contributed by atoms with van der Waals surface area (Å²) in [6, 6.07) is 4.96. The average Bonchev–Trinajstić information content (AvgIpc) is 2.38. The number of nitrogens with two attached hydrogens (primary N) is 2. The highest BCUT2D eigenvalue weighted by Crippen LogP contribution is 2.18. The second-order valence-corrected chi connectivity index (χ2v) is 4.68. The summed E-state index contributed by atoms with van der Waals surface area (Å²) in [6.07, 6.45) is 2.89. The number of anilines is 2. The lowest BCUT2D eigenvalue weighted by Gasteiger charge is -2.26. The van der Waals surface area contributed by atoms with Gasteiger partial charge in [0.2, 0.25) is 0 Å². The summed E-state index contributed by atoms with van der Waals surface area (Å²) in [4.78, 5) is 14.1. The molecule has 0 unspecified atom stereocenters. The van der Waals surface area contributed by atoms with Crippen molar-refractivity contribution >= 4 is 17.3 Å². The van der Waals surface area contributed by atoms with Crippen LogP contribution in [0.1, 0.15) is 16.8 Å². The number of benzene rings is 1. The summed E-state index contributed by atoms with van der Waals surface area (Å²) in [5, 5.41) is 0. The van der Waals surface area contributed by atoms with Crippen molar-refractivity contribution in [2.75, 3.05) is 38.3 Å². The number of carbonyl (C=O) groups is 1. The number of rotatable bonds is 3. The first-order valence-electron chi connectivity index (χ1n) is 6.22. The Hall–Kier alpha value is -2.01. The van der Waals surface area contributed by atoms with E-state index in [4.69, 9.17) is 16.2 Å². The van der Waals surface area contributed by atoms with E-state index in [9.17, 15) is 4.79 Å². The van der Waals surface area contributed by atoms with Gasteiger partial charge in [0.25, 0.3) is 5.91 Å². The highest BCUT2D eigenvalue weighted by molar-refractivity contribution is 5.96. The van der Waals surface area contributed by atoms with Gasteiger partial charge in [-0.05, 0) is 30.2 Å². The first-order chi connectivity index (χ1) is 9.10. The number of hydrogen-bond donors (Lipinski definition) is 2. The number of hydrogen-bond acceptors (Lipinski definition) is 4. The number of carbonyl (C=O) groups excluding carboxylic acids is 1. The monoisotopic (exact) mass is 261 g/mol. The second kappa shape index (κ2) is 5.75. The molecule has 1 aliphatic rings. The Bertz CT molecular complexity index is 491. The lowest BCUT2D eigenvalue weighted by Crippen LogP contribution is -2.35. The van der Waals surface area contributed by atoms with E-state index >= 15 is 0 Å². The molecule has 0 aromatic heterocycles. The first-order valence-corrected chi connectivity index (χ1v) is 6.22. The number of amides is 1. The van der Waals surface area contributed by atoms with E-state index in [-0.39, 0.29) is 5.91 Å². The molecule has 1 amide bonds. The van der Waals surface area contributed by atoms with Gasteiger partial charge in [-0.25, -0.2) is 0 Å². The Kier molecular flexibility index (Phi) is 4.06. The topological polar surface area (TPSA) is 81.6 Å². The van der Waals surface area contributed by atoms with Crippen LogP contribution in [-0.2, 0) is 4.74 Å². The van der Waals surface area contributed by atoms with E-state index in [0.717, 1.165) is 6.42 Å². The summed E-state index contributed by atoms with van der Waals surface area (Å²) in [7, 11) is 1.67. The smallest absolute Gasteiger partial charge is 0.254 e. The van der Waals surface area contributed by atoms with Crippen LogP contribution in [0, 0.1) is 0 Å². The maximum absolute atomic E-state index is 12.3. The largest absolute Gasteiger partial charge is 0.399 e. The molecule has 0 aliphatic carbocycles. The lowest BCUT2D eigenvalue weighted by atomic mass is 10.1. The molecule has 1 aromatic rings. The molecule has 102 valence electrons. The molecule has 2 rings (SSSR count). The van der Waals surface area contributed by atoms with Crippen LogP contribution in [0.2, 0.25) is 0 Å². The van der Waals surface area contributed by atoms with Crippen molar-refractivity contribution < 1.29 is 9.53 Å². The predicted octanol–water partition coefficient (Wildman–Crippen LogP) is 1.27. The normalized spacial score (nSPS) is 15.2. The van der Waals surface area contributed by atoms with Crippen LogP contribution in [0.25, 0.3) is 0 Å². The van der Waals surface area contributed by atoms with Gasteiger partial charge in [0.1, 0.15) is 0 Å². The minimum Gasteiger partial charge on any atom is -0.399 e. The predicted molar refractivity (Wildman–Crippen MR) is 75.7 cm³/mol. The molecule has 4 N–H and O–H groups in total. The Labute approximate surface area is 112 Å². The van der Waals surface area contributed by atoms with Crippen LogP contribution in [0.4, 0.5) is 11.4 Å². The summed E-state index contributed by atoms with van der Waals surface area (Å²) in [6.45, 7) is 1.93. The van der Waals surface area contributed by atoms with Crippen molar-refractivity contribution in [3.63, 3.8) is 0 Å². The fourth-order valence-electron chi connectivity index (χ4n) is 2.19. The summed E-state index contributed by atoms with van der Waals surface area (Å²) < 4.78 is 5.09. The van der Waals surface area contributed by atoms with E-state index in [1.54, 1.807) is 30.2 Å². The van der Waals surface area contributed by atoms with Gasteiger partial charge in [0.05, 0.1) is 6.61 Å². The number of methoxy groups -OCH3 is 1. The molecule has 5 nitrogen and oxygen atoms in total. The van der Waals surface area contributed by atoms with Crippen LogP contribution < -0.4 is 11.5 Å². The Morgan fingerprint density at radius 1 is 1.32 bits per heavy atom. The Morgan fingerprint density at radius 2 is 2.00 bits per heavy atom. The number of ether oxygens (including phenoxy) is 1. The summed E-state index contributed by atoms with van der Waals surface area (Å²) in [5.74, 6) is -0.0354. The van der Waals surface area contributed by atoms with Gasteiger partial charge in [-0.3, -0.25) is 4.79 Å². The van der Waals surface area contributed by atoms with Gasteiger partial charge in [0.15, 0.2) is 0 Å². The Balaban J connectivity index is 2.09. The molecule has 0 radical (unpaired) electrons. The van der Waals surface area contributed by atoms with Crippen molar-refractivity contribution in [2.45, 2.75) is 6.42 Å². The third-order valence-electron chi connectivity index (χ3n) is 3.14. The molecule has 1 aromatic carbocycles. The molecule has 1 aliphatic heterocycles. The summed E-state index contributed by atoms with van der Waals surface area (Å²) >= 11 is 0. The standard InChI is InChI=1S/C14H19N3O2/c1-19-9-10-2-4-17(5-3-10)14(18)11-6-12(15)8-13(16)7-11/h2,6-8H,3-5,9,15-16H2,1H3. The molecule has 1 heterocycles. The molecule has 0 saturated carbocycles. The van der Waals surface area contributed by atoms with E-state index < -0.39 is 0 Å². The molecule has 0 atom stereocenters. The maximum Gasteiger partial charge on any atom is 0.254 e. The van der Waals surface area contributed by atoms with E-state index in [1.165, 1.54) is 5.57 Å². The third kappa shape index (κ3) is 3.26. The maximum atomic E-state index is 12.3. The SMILES string of the molecule is COCC1=CCN(C(=O)c2cc(N)cc(N)c2)CC1. The van der Waals surface area contributed by atoms with Crippen LogP contribution in [-0.4, -0.2) is 37.6 Å².